The van der Waals surface area contributed by atoms with Crippen LogP contribution in [0.25, 0.3) is 0 Å². The van der Waals surface area contributed by atoms with Crippen LogP contribution in [0.5, 0.6) is 5.75 Å². The van der Waals surface area contributed by atoms with Crippen LogP contribution in [0.2, 0.25) is 0 Å². The summed E-state index contributed by atoms with van der Waals surface area (Å²) in [5, 5.41) is 2.88. The third kappa shape index (κ3) is 5.03. The van der Waals surface area contributed by atoms with E-state index < -0.39 is 0 Å². The molecule has 1 N–H and O–H groups in total. The number of carbonyl (C=O) groups excluding carboxylic acids is 1. The van der Waals surface area contributed by atoms with E-state index in [9.17, 15) is 4.79 Å². The number of nitrogens with zero attached hydrogens (tertiary/aromatic N) is 2. The molecule has 1 saturated carbocycles. The predicted octanol–water partition coefficient (Wildman–Crippen LogP) is 3.78. The van der Waals surface area contributed by atoms with Gasteiger partial charge in [-0.3, -0.25) is 9.69 Å². The number of hydrogen-bond acceptors (Lipinski definition) is 5. The van der Waals surface area contributed by atoms with Crippen molar-refractivity contribution in [2.45, 2.75) is 38.5 Å². The topological polar surface area (TPSA) is 67.6 Å². The molecule has 1 amide bonds. The third-order valence-electron chi connectivity index (χ3n) is 5.05. The van der Waals surface area contributed by atoms with Crippen molar-refractivity contribution in [1.82, 2.24) is 15.2 Å². The second-order valence-electron chi connectivity index (χ2n) is 7.24. The summed E-state index contributed by atoms with van der Waals surface area (Å²) in [7, 11) is 1.69. The summed E-state index contributed by atoms with van der Waals surface area (Å²) in [5.41, 5.74) is 2.49. The summed E-state index contributed by atoms with van der Waals surface area (Å²) in [6.07, 6.45) is 3.77. The molecule has 6 nitrogen and oxygen atoms in total. The minimum absolute atomic E-state index is 0.230. The van der Waals surface area contributed by atoms with Gasteiger partial charge in [0.1, 0.15) is 12.0 Å². The summed E-state index contributed by atoms with van der Waals surface area (Å²) in [6.45, 7) is 1.78. The van der Waals surface area contributed by atoms with Crippen molar-refractivity contribution in [3.63, 3.8) is 0 Å². The Bertz CT molecular complexity index is 951. The zero-order valence-corrected chi connectivity index (χ0v) is 16.5. The molecule has 0 atom stereocenters. The van der Waals surface area contributed by atoms with E-state index in [1.807, 2.05) is 48.5 Å². The fraction of sp³-hybridized carbons (Fsp3) is 0.304. The second kappa shape index (κ2) is 8.92. The van der Waals surface area contributed by atoms with Gasteiger partial charge in [-0.1, -0.05) is 48.5 Å². The minimum atomic E-state index is -0.230. The van der Waals surface area contributed by atoms with Crippen LogP contribution in [0.4, 0.5) is 0 Å². The molecule has 1 aromatic heterocycles. The lowest BCUT2D eigenvalue weighted by molar-refractivity contribution is 0.0945. The standard InChI is InChI=1S/C23H25N3O3/c1-28-21-10-6-5-9-18(21)14-26(19-11-12-19)15-22-25-20(16-29-22)23(27)24-13-17-7-3-2-4-8-17/h2-10,16,19H,11-15H2,1H3,(H,24,27). The van der Waals surface area contributed by atoms with Crippen molar-refractivity contribution in [2.75, 3.05) is 7.11 Å². The third-order valence-corrected chi connectivity index (χ3v) is 5.05. The Labute approximate surface area is 170 Å². The van der Waals surface area contributed by atoms with Gasteiger partial charge >= 0.3 is 0 Å². The number of carbonyl (C=O) groups is 1. The van der Waals surface area contributed by atoms with Crippen LogP contribution in [0.1, 0.15) is 40.3 Å². The van der Waals surface area contributed by atoms with Gasteiger partial charge in [0.05, 0.1) is 13.7 Å². The van der Waals surface area contributed by atoms with Crippen molar-refractivity contribution in [3.8, 4) is 5.75 Å². The molecule has 0 radical (unpaired) electrons. The fourth-order valence-corrected chi connectivity index (χ4v) is 3.34. The van der Waals surface area contributed by atoms with Gasteiger partial charge in [0.2, 0.25) is 5.89 Å². The van der Waals surface area contributed by atoms with Crippen LogP contribution in [0.15, 0.2) is 65.3 Å². The zero-order valence-electron chi connectivity index (χ0n) is 16.5. The van der Waals surface area contributed by atoms with Gasteiger partial charge in [0, 0.05) is 24.7 Å². The summed E-state index contributed by atoms with van der Waals surface area (Å²) in [5.74, 6) is 1.20. The highest BCUT2D eigenvalue weighted by Crippen LogP contribution is 2.31. The number of aromatic nitrogens is 1. The number of nitrogens with one attached hydrogen (secondary N) is 1. The number of ether oxygens (including phenoxy) is 1. The number of amides is 1. The Morgan fingerprint density at radius 2 is 1.90 bits per heavy atom. The lowest BCUT2D eigenvalue weighted by Crippen LogP contribution is -2.26. The molecule has 4 rings (SSSR count). The molecule has 1 heterocycles. The fourth-order valence-electron chi connectivity index (χ4n) is 3.34. The molecule has 1 fully saturated rings. The zero-order chi connectivity index (χ0) is 20.1. The Hall–Kier alpha value is -3.12. The maximum Gasteiger partial charge on any atom is 0.273 e. The van der Waals surface area contributed by atoms with Crippen molar-refractivity contribution in [1.29, 1.82) is 0 Å². The minimum Gasteiger partial charge on any atom is -0.496 e. The van der Waals surface area contributed by atoms with E-state index in [-0.39, 0.29) is 5.91 Å². The molecule has 29 heavy (non-hydrogen) atoms. The number of methoxy groups -OCH3 is 1. The lowest BCUT2D eigenvalue weighted by atomic mass is 10.2. The summed E-state index contributed by atoms with van der Waals surface area (Å²) < 4.78 is 11.1. The van der Waals surface area contributed by atoms with Gasteiger partial charge in [-0.15, -0.1) is 0 Å². The van der Waals surface area contributed by atoms with Gasteiger partial charge in [0.25, 0.3) is 5.91 Å². The molecule has 3 aromatic rings. The molecule has 150 valence electrons. The first-order valence-electron chi connectivity index (χ1n) is 9.85. The predicted molar refractivity (Wildman–Crippen MR) is 109 cm³/mol. The van der Waals surface area contributed by atoms with Gasteiger partial charge in [-0.05, 0) is 24.5 Å². The first kappa shape index (κ1) is 19.2. The number of hydrogen-bond donors (Lipinski definition) is 1. The molecule has 1 aliphatic carbocycles. The van der Waals surface area contributed by atoms with Crippen LogP contribution >= 0.6 is 0 Å². The van der Waals surface area contributed by atoms with Crippen LogP contribution < -0.4 is 10.1 Å². The van der Waals surface area contributed by atoms with E-state index >= 15 is 0 Å². The first-order chi connectivity index (χ1) is 14.2. The van der Waals surface area contributed by atoms with Gasteiger partial charge in [0.15, 0.2) is 5.69 Å². The maximum atomic E-state index is 12.4. The number of benzene rings is 2. The molecule has 0 saturated heterocycles. The average Bonchev–Trinajstić information content (AvgIpc) is 3.51. The highest BCUT2D eigenvalue weighted by molar-refractivity contribution is 5.91. The number of para-hydroxylation sites is 1. The highest BCUT2D eigenvalue weighted by atomic mass is 16.5. The van der Waals surface area contributed by atoms with Crippen molar-refractivity contribution >= 4 is 5.91 Å². The second-order valence-corrected chi connectivity index (χ2v) is 7.24. The van der Waals surface area contributed by atoms with Crippen LogP contribution in [0, 0.1) is 0 Å². The number of rotatable bonds is 9. The quantitative estimate of drug-likeness (QED) is 0.601. The monoisotopic (exact) mass is 391 g/mol. The van der Waals surface area contributed by atoms with Crippen LogP contribution in [0.3, 0.4) is 0 Å². The normalized spacial score (nSPS) is 13.4. The SMILES string of the molecule is COc1ccccc1CN(Cc1nc(C(=O)NCc2ccccc2)co1)C1CC1. The Morgan fingerprint density at radius 3 is 2.66 bits per heavy atom. The molecular weight excluding hydrogens is 366 g/mol. The van der Waals surface area contributed by atoms with Gasteiger partial charge < -0.3 is 14.5 Å². The summed E-state index contributed by atoms with van der Waals surface area (Å²) >= 11 is 0. The van der Waals surface area contributed by atoms with Crippen molar-refractivity contribution in [3.05, 3.63) is 83.6 Å². The van der Waals surface area contributed by atoms with E-state index in [0.717, 1.165) is 23.4 Å². The molecule has 6 heteroatoms. The Kier molecular flexibility index (Phi) is 5.91. The van der Waals surface area contributed by atoms with Gasteiger partial charge in [-0.25, -0.2) is 4.98 Å². The van der Waals surface area contributed by atoms with Crippen molar-refractivity contribution < 1.29 is 13.9 Å². The Balaban J connectivity index is 1.38. The smallest absolute Gasteiger partial charge is 0.273 e. The molecule has 2 aromatic carbocycles. The Morgan fingerprint density at radius 1 is 1.14 bits per heavy atom. The summed E-state index contributed by atoms with van der Waals surface area (Å²) in [4.78, 5) is 19.1. The van der Waals surface area contributed by atoms with E-state index in [1.54, 1.807) is 7.11 Å². The van der Waals surface area contributed by atoms with E-state index in [0.29, 0.717) is 30.7 Å². The summed E-state index contributed by atoms with van der Waals surface area (Å²) in [6, 6.07) is 18.3. The molecule has 0 bridgehead atoms. The van der Waals surface area contributed by atoms with E-state index in [2.05, 4.69) is 21.3 Å². The van der Waals surface area contributed by atoms with Crippen LogP contribution in [-0.2, 0) is 19.6 Å². The molecule has 0 unspecified atom stereocenters. The van der Waals surface area contributed by atoms with Crippen LogP contribution in [-0.4, -0.2) is 28.9 Å². The first-order valence-corrected chi connectivity index (χ1v) is 9.85. The molecule has 0 spiro atoms. The van der Waals surface area contributed by atoms with E-state index in [4.69, 9.17) is 9.15 Å². The van der Waals surface area contributed by atoms with Crippen molar-refractivity contribution in [2.24, 2.45) is 0 Å². The lowest BCUT2D eigenvalue weighted by Gasteiger charge is -2.21. The average molecular weight is 391 g/mol. The molecule has 0 aliphatic heterocycles. The van der Waals surface area contributed by atoms with E-state index in [1.165, 1.54) is 19.1 Å². The highest BCUT2D eigenvalue weighted by Gasteiger charge is 2.30. The largest absolute Gasteiger partial charge is 0.496 e. The maximum absolute atomic E-state index is 12.4. The number of oxazole rings is 1. The molecular formula is C23H25N3O3. The molecule has 1 aliphatic rings. The van der Waals surface area contributed by atoms with Gasteiger partial charge in [-0.2, -0.15) is 0 Å².